The second-order valence-corrected chi connectivity index (χ2v) is 19.1. The van der Waals surface area contributed by atoms with E-state index in [0.717, 1.165) is 46.3 Å². The first-order valence-corrected chi connectivity index (χ1v) is 23.2. The molecule has 64 heavy (non-hydrogen) atoms. The van der Waals surface area contributed by atoms with Gasteiger partial charge in [0.05, 0.1) is 12.2 Å². The summed E-state index contributed by atoms with van der Waals surface area (Å²) in [5.74, 6) is -0.395. The Morgan fingerprint density at radius 3 is 1.25 bits per heavy atom. The van der Waals surface area contributed by atoms with Gasteiger partial charge < -0.3 is 40.5 Å². The summed E-state index contributed by atoms with van der Waals surface area (Å²) in [6, 6.07) is 25.9. The monoisotopic (exact) mass is 1000 g/mol. The van der Waals surface area contributed by atoms with E-state index in [9.17, 15) is 19.2 Å². The molecule has 0 saturated carbocycles. The number of benzene rings is 4. The maximum atomic E-state index is 13.2. The van der Waals surface area contributed by atoms with Crippen LogP contribution in [-0.4, -0.2) is 121 Å². The number of amides is 6. The molecule has 4 heterocycles. The standard InChI is InChI=1S/2C24H29BrN4O3/c2*1-15-10-17-11-20(7-4-16(17)13-28(15)2)26-23(30)22-12-21(32-3)14-29(22)24(31)27-19-8-5-18(25)6-9-19/h2*4-9,11,15,21-22H,10,12-14H2,1-3H3,(H,26,30)(H,27,31)/t15-,21+,22+;15-,21-,22-/m01/s1. The quantitative estimate of drug-likeness (QED) is 0.138. The number of rotatable bonds is 8. The number of anilines is 4. The number of likely N-dealkylation sites (tertiary alicyclic amines) is 2. The van der Waals surface area contributed by atoms with Crippen LogP contribution in [0.1, 0.15) is 48.9 Å². The Labute approximate surface area is 392 Å². The molecule has 8 rings (SSSR count). The third kappa shape index (κ3) is 11.5. The second-order valence-electron chi connectivity index (χ2n) is 17.3. The number of nitrogens with zero attached hydrogens (tertiary/aromatic N) is 4. The van der Waals surface area contributed by atoms with Gasteiger partial charge in [-0.1, -0.05) is 44.0 Å². The Balaban J connectivity index is 0.000000191. The van der Waals surface area contributed by atoms with E-state index in [1.807, 2.05) is 60.7 Å². The number of hydrogen-bond donors (Lipinski definition) is 4. The third-order valence-electron chi connectivity index (χ3n) is 12.8. The van der Waals surface area contributed by atoms with Crippen LogP contribution in [0, 0.1) is 0 Å². The van der Waals surface area contributed by atoms with Crippen LogP contribution >= 0.6 is 31.9 Å². The first-order valence-electron chi connectivity index (χ1n) is 21.7. The van der Waals surface area contributed by atoms with Gasteiger partial charge in [-0.2, -0.15) is 0 Å². The van der Waals surface area contributed by atoms with E-state index in [0.29, 0.717) is 49.4 Å². The summed E-state index contributed by atoms with van der Waals surface area (Å²) in [7, 11) is 7.47. The summed E-state index contributed by atoms with van der Waals surface area (Å²) < 4.78 is 12.8. The van der Waals surface area contributed by atoms with Crippen LogP contribution in [0.25, 0.3) is 0 Å². The Morgan fingerprint density at radius 1 is 0.531 bits per heavy atom. The van der Waals surface area contributed by atoms with Gasteiger partial charge in [-0.3, -0.25) is 19.4 Å². The maximum absolute atomic E-state index is 13.2. The van der Waals surface area contributed by atoms with Gasteiger partial charge in [0.15, 0.2) is 0 Å². The van der Waals surface area contributed by atoms with Gasteiger partial charge in [0.2, 0.25) is 11.8 Å². The van der Waals surface area contributed by atoms with Crippen molar-refractivity contribution in [1.29, 1.82) is 0 Å². The third-order valence-corrected chi connectivity index (χ3v) is 13.9. The average Bonchev–Trinajstić information content (AvgIpc) is 3.93. The lowest BCUT2D eigenvalue weighted by Crippen LogP contribution is -2.45. The number of methoxy groups -OCH3 is 2. The molecule has 0 aromatic heterocycles. The Bertz CT molecular complexity index is 2160. The predicted molar refractivity (Wildman–Crippen MR) is 258 cm³/mol. The molecule has 4 aromatic carbocycles. The molecule has 4 N–H and O–H groups in total. The zero-order valence-corrected chi connectivity index (χ0v) is 40.4. The van der Waals surface area contributed by atoms with Crippen molar-refractivity contribution in [1.82, 2.24) is 19.6 Å². The molecule has 0 spiro atoms. The largest absolute Gasteiger partial charge is 0.380 e. The van der Waals surface area contributed by atoms with Gasteiger partial charge in [-0.25, -0.2) is 9.59 Å². The van der Waals surface area contributed by atoms with Gasteiger partial charge in [0.25, 0.3) is 0 Å². The lowest BCUT2D eigenvalue weighted by molar-refractivity contribution is -0.120. The van der Waals surface area contributed by atoms with Crippen LogP contribution in [0.15, 0.2) is 93.9 Å². The van der Waals surface area contributed by atoms with E-state index >= 15 is 0 Å². The van der Waals surface area contributed by atoms with Gasteiger partial charge in [-0.05, 0) is 136 Å². The second kappa shape index (κ2) is 21.0. The fourth-order valence-electron chi connectivity index (χ4n) is 8.68. The number of urea groups is 2. The van der Waals surface area contributed by atoms with Crippen molar-refractivity contribution < 1.29 is 28.7 Å². The van der Waals surface area contributed by atoms with Crippen molar-refractivity contribution in [2.45, 2.75) is 89.0 Å². The summed E-state index contributed by atoms with van der Waals surface area (Å²) in [5, 5.41) is 11.8. The number of likely N-dealkylation sites (N-methyl/N-ethyl adjacent to an activating group) is 2. The minimum atomic E-state index is -0.600. The smallest absolute Gasteiger partial charge is 0.322 e. The summed E-state index contributed by atoms with van der Waals surface area (Å²) in [6.45, 7) is 6.97. The highest BCUT2D eigenvalue weighted by molar-refractivity contribution is 9.10. The van der Waals surface area contributed by atoms with Crippen molar-refractivity contribution in [3.8, 4) is 0 Å². The van der Waals surface area contributed by atoms with E-state index in [-0.39, 0.29) is 36.1 Å². The number of nitrogens with one attached hydrogen (secondary N) is 4. The minimum Gasteiger partial charge on any atom is -0.380 e. The zero-order chi connectivity index (χ0) is 45.7. The molecule has 4 aliphatic heterocycles. The topological polar surface area (TPSA) is 148 Å². The molecule has 4 aromatic rings. The molecule has 2 saturated heterocycles. The molecule has 0 bridgehead atoms. The van der Waals surface area contributed by atoms with Crippen LogP contribution in [0.4, 0.5) is 32.3 Å². The SMILES string of the molecule is CO[C@@H]1C[C@H](C(=O)Nc2ccc3c(c2)C[C@@H](C)N(C)C3)N(C(=O)Nc2ccc(Br)cc2)C1.CO[C@@H]1C[C@H](C(=O)Nc2ccc3c(c2)C[C@H](C)N(C)C3)N(C(=O)Nc2ccc(Br)cc2)C1. The van der Waals surface area contributed by atoms with E-state index in [1.54, 1.807) is 24.0 Å². The van der Waals surface area contributed by atoms with Crippen molar-refractivity contribution in [3.63, 3.8) is 0 Å². The summed E-state index contributed by atoms with van der Waals surface area (Å²) in [6.07, 6.45) is 2.47. The summed E-state index contributed by atoms with van der Waals surface area (Å²) in [5.41, 5.74) is 7.98. The Hall–Kier alpha value is -4.84. The average molecular weight is 1000 g/mol. The highest BCUT2D eigenvalue weighted by atomic mass is 79.9. The van der Waals surface area contributed by atoms with Crippen LogP contribution < -0.4 is 21.3 Å². The Kier molecular flexibility index (Phi) is 15.5. The molecule has 340 valence electrons. The van der Waals surface area contributed by atoms with E-state index in [2.05, 4.69) is 115 Å². The highest BCUT2D eigenvalue weighted by Crippen LogP contribution is 2.30. The number of ether oxygens (including phenoxy) is 2. The summed E-state index contributed by atoms with van der Waals surface area (Å²) >= 11 is 6.78. The molecule has 0 unspecified atom stereocenters. The molecular weight excluding hydrogens is 944 g/mol. The van der Waals surface area contributed by atoms with Gasteiger partial charge >= 0.3 is 12.1 Å². The van der Waals surface area contributed by atoms with Crippen LogP contribution in [-0.2, 0) is 45.0 Å². The fourth-order valence-corrected chi connectivity index (χ4v) is 9.21. The van der Waals surface area contributed by atoms with Crippen molar-refractivity contribution >= 4 is 78.5 Å². The summed E-state index contributed by atoms with van der Waals surface area (Å²) in [4.78, 5) is 60.0. The highest BCUT2D eigenvalue weighted by Gasteiger charge is 2.41. The predicted octanol–water partition coefficient (Wildman–Crippen LogP) is 8.17. The number of hydrogen-bond acceptors (Lipinski definition) is 8. The van der Waals surface area contributed by atoms with Crippen molar-refractivity contribution in [2.75, 3.05) is 62.7 Å². The molecule has 2 fully saturated rings. The fraction of sp³-hybridized carbons (Fsp3) is 0.417. The van der Waals surface area contributed by atoms with Crippen molar-refractivity contribution in [3.05, 3.63) is 116 Å². The molecule has 4 aliphatic rings. The molecular formula is C48H58Br2N8O6. The van der Waals surface area contributed by atoms with E-state index in [4.69, 9.17) is 9.47 Å². The van der Waals surface area contributed by atoms with Crippen molar-refractivity contribution in [2.24, 2.45) is 0 Å². The first kappa shape index (κ1) is 47.1. The zero-order valence-electron chi connectivity index (χ0n) is 37.2. The van der Waals surface area contributed by atoms with Gasteiger partial charge in [-0.15, -0.1) is 0 Å². The molecule has 6 atom stereocenters. The van der Waals surface area contributed by atoms with E-state index in [1.165, 1.54) is 22.3 Å². The first-order chi connectivity index (χ1) is 30.7. The molecule has 16 heteroatoms. The Morgan fingerprint density at radius 2 is 0.891 bits per heavy atom. The maximum Gasteiger partial charge on any atom is 0.322 e. The number of carbonyl (C=O) groups excluding carboxylic acids is 4. The van der Waals surface area contributed by atoms with Gasteiger partial charge in [0.1, 0.15) is 12.1 Å². The van der Waals surface area contributed by atoms with Gasteiger partial charge in [0, 0.05) is 97.0 Å². The van der Waals surface area contributed by atoms with Crippen LogP contribution in [0.5, 0.6) is 0 Å². The molecule has 0 aliphatic carbocycles. The van der Waals surface area contributed by atoms with Crippen LogP contribution in [0.3, 0.4) is 0 Å². The van der Waals surface area contributed by atoms with Crippen LogP contribution in [0.2, 0.25) is 0 Å². The minimum absolute atomic E-state index is 0.179. The molecule has 0 radical (unpaired) electrons. The number of fused-ring (bicyclic) bond motifs is 2. The lowest BCUT2D eigenvalue weighted by atomic mass is 9.95. The number of halogens is 2. The number of carbonyl (C=O) groups is 4. The molecule has 14 nitrogen and oxygen atoms in total. The normalized spacial score (nSPS) is 23.0. The lowest BCUT2D eigenvalue weighted by Gasteiger charge is -2.32. The molecule has 6 amide bonds. The van der Waals surface area contributed by atoms with E-state index < -0.39 is 12.1 Å².